The van der Waals surface area contributed by atoms with Crippen LogP contribution in [0, 0.1) is 0 Å². The molecule has 0 atom stereocenters. The molecule has 33 heavy (non-hydrogen) atoms. The van der Waals surface area contributed by atoms with Crippen molar-refractivity contribution in [2.75, 3.05) is 12.8 Å². The number of nitrogens with one attached hydrogen (secondary N) is 1. The van der Waals surface area contributed by atoms with Gasteiger partial charge in [0.05, 0.1) is 12.7 Å². The van der Waals surface area contributed by atoms with Crippen molar-refractivity contribution in [3.05, 3.63) is 77.4 Å². The molecule has 1 amide bonds. The van der Waals surface area contributed by atoms with E-state index in [4.69, 9.17) is 19.4 Å². The number of ether oxygens (including phenoxy) is 1. The number of anilines is 1. The van der Waals surface area contributed by atoms with E-state index in [1.165, 1.54) is 24.3 Å². The third-order valence-electron chi connectivity index (χ3n) is 4.87. The summed E-state index contributed by atoms with van der Waals surface area (Å²) in [5, 5.41) is 6.52. The molecule has 7 nitrogen and oxygen atoms in total. The normalized spacial score (nSPS) is 11.4. The highest BCUT2D eigenvalue weighted by molar-refractivity contribution is 6.03. The second-order valence-electron chi connectivity index (χ2n) is 7.04. The summed E-state index contributed by atoms with van der Waals surface area (Å²) in [6.07, 6.45) is -4.48. The van der Waals surface area contributed by atoms with Gasteiger partial charge in [-0.05, 0) is 42.0 Å². The van der Waals surface area contributed by atoms with Crippen molar-refractivity contribution in [2.24, 2.45) is 0 Å². The van der Waals surface area contributed by atoms with Gasteiger partial charge < -0.3 is 24.7 Å². The number of hydrogen-bond acceptors (Lipinski definition) is 6. The topological polar surface area (TPSA) is 104 Å². The van der Waals surface area contributed by atoms with Crippen molar-refractivity contribution in [1.29, 1.82) is 0 Å². The van der Waals surface area contributed by atoms with E-state index in [9.17, 15) is 18.0 Å². The number of nitrogen functional groups attached to an aromatic ring is 1. The van der Waals surface area contributed by atoms with Crippen LogP contribution in [0.3, 0.4) is 0 Å². The van der Waals surface area contributed by atoms with Crippen LogP contribution in [-0.4, -0.2) is 18.2 Å². The van der Waals surface area contributed by atoms with Gasteiger partial charge in [-0.3, -0.25) is 4.79 Å². The van der Waals surface area contributed by atoms with E-state index in [1.807, 2.05) is 0 Å². The summed E-state index contributed by atoms with van der Waals surface area (Å²) in [6, 6.07) is 14.8. The monoisotopic (exact) mass is 457 g/mol. The van der Waals surface area contributed by atoms with Gasteiger partial charge in [-0.2, -0.15) is 13.2 Å². The summed E-state index contributed by atoms with van der Waals surface area (Å²) in [5.41, 5.74) is 6.05. The SMILES string of the molecule is COc1ccc(CNC(=O)c2c(-c3ccc(-c4cccc(C(F)(F)F)c4)o3)noc2N)cc1. The van der Waals surface area contributed by atoms with Crippen LogP contribution in [0.4, 0.5) is 19.1 Å². The lowest BCUT2D eigenvalue weighted by Gasteiger charge is -2.07. The lowest BCUT2D eigenvalue weighted by Crippen LogP contribution is -2.23. The minimum Gasteiger partial charge on any atom is -0.497 e. The summed E-state index contributed by atoms with van der Waals surface area (Å²) in [7, 11) is 1.56. The Labute approximate surface area is 185 Å². The van der Waals surface area contributed by atoms with Crippen LogP contribution in [0.1, 0.15) is 21.5 Å². The first-order valence-electron chi connectivity index (χ1n) is 9.70. The highest BCUT2D eigenvalue weighted by Crippen LogP contribution is 2.35. The summed E-state index contributed by atoms with van der Waals surface area (Å²) in [6.45, 7) is 0.209. The Balaban J connectivity index is 1.56. The van der Waals surface area contributed by atoms with Crippen molar-refractivity contribution in [3.8, 4) is 28.5 Å². The number of halogens is 3. The molecule has 4 aromatic rings. The minimum atomic E-state index is -4.48. The van der Waals surface area contributed by atoms with Crippen molar-refractivity contribution < 1.29 is 31.6 Å². The summed E-state index contributed by atoms with van der Waals surface area (Å²) in [5.74, 6) is 0.218. The van der Waals surface area contributed by atoms with E-state index in [0.29, 0.717) is 5.75 Å². The van der Waals surface area contributed by atoms with Crippen LogP contribution in [0.2, 0.25) is 0 Å². The van der Waals surface area contributed by atoms with Gasteiger partial charge >= 0.3 is 6.18 Å². The molecule has 0 unspecified atom stereocenters. The summed E-state index contributed by atoms with van der Waals surface area (Å²) >= 11 is 0. The molecule has 0 saturated carbocycles. The number of furan rings is 1. The number of hydrogen-bond donors (Lipinski definition) is 2. The standard InChI is InChI=1S/C23H18F3N3O4/c1-31-16-7-5-13(6-8-16)12-28-22(30)19-20(29-33-21(19)27)18-10-9-17(32-18)14-3-2-4-15(11-14)23(24,25)26/h2-11H,12,27H2,1H3,(H,28,30). The molecule has 2 aromatic carbocycles. The first-order chi connectivity index (χ1) is 15.8. The van der Waals surface area contributed by atoms with Gasteiger partial charge in [-0.25, -0.2) is 0 Å². The lowest BCUT2D eigenvalue weighted by molar-refractivity contribution is -0.137. The van der Waals surface area contributed by atoms with Crippen molar-refractivity contribution in [3.63, 3.8) is 0 Å². The van der Waals surface area contributed by atoms with Crippen LogP contribution in [-0.2, 0) is 12.7 Å². The maximum absolute atomic E-state index is 13.0. The maximum atomic E-state index is 13.0. The van der Waals surface area contributed by atoms with E-state index < -0.39 is 17.6 Å². The number of amides is 1. The van der Waals surface area contributed by atoms with Crippen LogP contribution >= 0.6 is 0 Å². The van der Waals surface area contributed by atoms with Crippen molar-refractivity contribution >= 4 is 11.8 Å². The largest absolute Gasteiger partial charge is 0.497 e. The second kappa shape index (κ2) is 8.73. The smallest absolute Gasteiger partial charge is 0.416 e. The van der Waals surface area contributed by atoms with Crippen LogP contribution < -0.4 is 15.8 Å². The summed E-state index contributed by atoms with van der Waals surface area (Å²) < 4.78 is 54.8. The van der Waals surface area contributed by atoms with Gasteiger partial charge in [0, 0.05) is 12.1 Å². The molecule has 0 aliphatic carbocycles. The number of carbonyl (C=O) groups excluding carboxylic acids is 1. The first kappa shape index (κ1) is 22.0. The number of rotatable bonds is 6. The predicted molar refractivity (Wildman–Crippen MR) is 113 cm³/mol. The fourth-order valence-electron chi connectivity index (χ4n) is 3.17. The quantitative estimate of drug-likeness (QED) is 0.416. The van der Waals surface area contributed by atoms with E-state index >= 15 is 0 Å². The predicted octanol–water partition coefficient (Wildman–Crippen LogP) is 5.14. The zero-order valence-corrected chi connectivity index (χ0v) is 17.3. The zero-order chi connectivity index (χ0) is 23.6. The molecule has 2 aromatic heterocycles. The molecule has 3 N–H and O–H groups in total. The number of nitrogens with two attached hydrogens (primary N) is 1. The maximum Gasteiger partial charge on any atom is 0.416 e. The second-order valence-corrected chi connectivity index (χ2v) is 7.04. The fourth-order valence-corrected chi connectivity index (χ4v) is 3.17. The number of methoxy groups -OCH3 is 1. The van der Waals surface area contributed by atoms with E-state index in [1.54, 1.807) is 31.4 Å². The molecule has 0 saturated heterocycles. The van der Waals surface area contributed by atoms with Crippen LogP contribution in [0.5, 0.6) is 5.75 Å². The molecule has 2 heterocycles. The van der Waals surface area contributed by atoms with Gasteiger partial charge in [-0.1, -0.05) is 29.4 Å². The number of benzene rings is 2. The van der Waals surface area contributed by atoms with Crippen LogP contribution in [0.25, 0.3) is 22.8 Å². The van der Waals surface area contributed by atoms with E-state index in [-0.39, 0.29) is 40.8 Å². The minimum absolute atomic E-state index is 0.0338. The molecule has 0 fully saturated rings. The molecule has 0 aliphatic rings. The Morgan fingerprint density at radius 1 is 1.09 bits per heavy atom. The molecule has 170 valence electrons. The van der Waals surface area contributed by atoms with Gasteiger partial charge in [-0.15, -0.1) is 0 Å². The third-order valence-corrected chi connectivity index (χ3v) is 4.87. The molecule has 0 aliphatic heterocycles. The number of alkyl halides is 3. The average Bonchev–Trinajstić information content (AvgIpc) is 3.44. The molecule has 0 spiro atoms. The molecular weight excluding hydrogens is 439 g/mol. The third kappa shape index (κ3) is 4.69. The molecule has 0 bridgehead atoms. The van der Waals surface area contributed by atoms with Gasteiger partial charge in [0.15, 0.2) is 11.5 Å². The lowest BCUT2D eigenvalue weighted by atomic mass is 10.1. The molecule has 0 radical (unpaired) electrons. The Kier molecular flexibility index (Phi) is 5.82. The molecule has 4 rings (SSSR count). The Bertz CT molecular complexity index is 1280. The fraction of sp³-hybridized carbons (Fsp3) is 0.130. The Hall–Kier alpha value is -4.21. The summed E-state index contributed by atoms with van der Waals surface area (Å²) in [4.78, 5) is 12.8. The first-order valence-corrected chi connectivity index (χ1v) is 9.70. The highest BCUT2D eigenvalue weighted by Gasteiger charge is 2.31. The Morgan fingerprint density at radius 2 is 1.82 bits per heavy atom. The van der Waals surface area contributed by atoms with Crippen molar-refractivity contribution in [2.45, 2.75) is 12.7 Å². The highest BCUT2D eigenvalue weighted by atomic mass is 19.4. The van der Waals surface area contributed by atoms with Crippen molar-refractivity contribution in [1.82, 2.24) is 10.5 Å². The average molecular weight is 457 g/mol. The number of nitrogens with zero attached hydrogens (tertiary/aromatic N) is 1. The number of carbonyl (C=O) groups is 1. The molecule has 10 heteroatoms. The number of aromatic nitrogens is 1. The zero-order valence-electron chi connectivity index (χ0n) is 17.3. The van der Waals surface area contributed by atoms with Gasteiger partial charge in [0.1, 0.15) is 17.1 Å². The molecular formula is C23H18F3N3O4. The van der Waals surface area contributed by atoms with E-state index in [2.05, 4.69) is 10.5 Å². The Morgan fingerprint density at radius 3 is 2.52 bits per heavy atom. The van der Waals surface area contributed by atoms with Gasteiger partial charge in [0.25, 0.3) is 5.91 Å². The van der Waals surface area contributed by atoms with E-state index in [0.717, 1.165) is 17.7 Å². The van der Waals surface area contributed by atoms with Gasteiger partial charge in [0.2, 0.25) is 5.88 Å². The van der Waals surface area contributed by atoms with Crippen LogP contribution in [0.15, 0.2) is 69.6 Å².